The summed E-state index contributed by atoms with van der Waals surface area (Å²) in [6, 6.07) is 8.99. The Morgan fingerprint density at radius 2 is 1.92 bits per heavy atom. The van der Waals surface area contributed by atoms with Crippen LogP contribution in [-0.2, 0) is 19.7 Å². The van der Waals surface area contributed by atoms with E-state index < -0.39 is 17.5 Å². The highest BCUT2D eigenvalue weighted by molar-refractivity contribution is 5.84. The summed E-state index contributed by atoms with van der Waals surface area (Å²) in [4.78, 5) is 24.2. The van der Waals surface area contributed by atoms with Crippen LogP contribution in [-0.4, -0.2) is 35.7 Å². The van der Waals surface area contributed by atoms with Crippen molar-refractivity contribution in [3.63, 3.8) is 0 Å². The molecule has 2 unspecified atom stereocenters. The summed E-state index contributed by atoms with van der Waals surface area (Å²) in [7, 11) is 0. The summed E-state index contributed by atoms with van der Waals surface area (Å²) < 4.78 is 5.89. The molecule has 0 aromatic heterocycles. The van der Waals surface area contributed by atoms with Crippen LogP contribution in [0.1, 0.15) is 51.5 Å². The maximum atomic E-state index is 12.4. The fourth-order valence-electron chi connectivity index (χ4n) is 3.09. The molecular formula is C19H27NO4. The Balaban J connectivity index is 2.00. The van der Waals surface area contributed by atoms with E-state index in [-0.39, 0.29) is 18.6 Å². The van der Waals surface area contributed by atoms with Crippen LogP contribution in [0.15, 0.2) is 30.3 Å². The maximum Gasteiger partial charge on any atom is 0.315 e. The van der Waals surface area contributed by atoms with Crippen molar-refractivity contribution in [3.8, 4) is 0 Å². The zero-order valence-electron chi connectivity index (χ0n) is 14.5. The van der Waals surface area contributed by atoms with Crippen molar-refractivity contribution in [3.05, 3.63) is 35.9 Å². The second-order valence-corrected chi connectivity index (χ2v) is 6.66. The van der Waals surface area contributed by atoms with Crippen molar-refractivity contribution in [2.45, 2.75) is 63.6 Å². The van der Waals surface area contributed by atoms with E-state index in [4.69, 9.17) is 4.74 Å². The molecule has 0 bridgehead atoms. The molecule has 5 heteroatoms. The summed E-state index contributed by atoms with van der Waals surface area (Å²) >= 11 is 0. The molecule has 2 atom stereocenters. The fourth-order valence-corrected chi connectivity index (χ4v) is 3.09. The first-order chi connectivity index (χ1) is 11.5. The number of hydrogen-bond donors (Lipinski definition) is 2. The number of rotatable bonds is 8. The van der Waals surface area contributed by atoms with Crippen molar-refractivity contribution in [1.82, 2.24) is 5.32 Å². The van der Waals surface area contributed by atoms with Crippen molar-refractivity contribution in [2.24, 2.45) is 0 Å². The number of nitrogens with one attached hydrogen (secondary N) is 1. The number of carbonyl (C=O) groups excluding carboxylic acids is 1. The summed E-state index contributed by atoms with van der Waals surface area (Å²) in [5, 5.41) is 12.4. The van der Waals surface area contributed by atoms with E-state index >= 15 is 0 Å². The molecule has 1 amide bonds. The minimum Gasteiger partial charge on any atom is -0.481 e. The quantitative estimate of drug-likeness (QED) is 0.767. The molecule has 1 aromatic rings. The molecule has 0 saturated heterocycles. The van der Waals surface area contributed by atoms with Crippen LogP contribution >= 0.6 is 0 Å². The molecular weight excluding hydrogens is 306 g/mol. The molecule has 1 aromatic carbocycles. The highest BCUT2D eigenvalue weighted by Crippen LogP contribution is 2.25. The Hall–Kier alpha value is -1.88. The summed E-state index contributed by atoms with van der Waals surface area (Å²) in [5.41, 5.74) is -0.495. The monoisotopic (exact) mass is 333 g/mol. The maximum absolute atomic E-state index is 12.4. The highest BCUT2D eigenvalue weighted by Gasteiger charge is 2.36. The van der Waals surface area contributed by atoms with Crippen LogP contribution in [0, 0.1) is 0 Å². The molecule has 0 aliphatic heterocycles. The molecule has 1 aliphatic carbocycles. The molecule has 5 nitrogen and oxygen atoms in total. The molecule has 0 radical (unpaired) electrons. The smallest absolute Gasteiger partial charge is 0.315 e. The first-order valence-corrected chi connectivity index (χ1v) is 8.69. The average molecular weight is 333 g/mol. The van der Waals surface area contributed by atoms with E-state index in [1.54, 1.807) is 31.2 Å². The van der Waals surface area contributed by atoms with Gasteiger partial charge in [-0.3, -0.25) is 9.59 Å². The number of amides is 1. The van der Waals surface area contributed by atoms with E-state index in [1.807, 2.05) is 13.0 Å². The van der Waals surface area contributed by atoms with Gasteiger partial charge in [0.2, 0.25) is 5.91 Å². The number of carboxylic acid groups (broad SMARTS) is 1. The number of ether oxygens (including phenoxy) is 1. The normalized spacial score (nSPS) is 18.8. The van der Waals surface area contributed by atoms with Gasteiger partial charge in [-0.05, 0) is 31.7 Å². The lowest BCUT2D eigenvalue weighted by atomic mass is 9.82. The first-order valence-electron chi connectivity index (χ1n) is 8.69. The third-order valence-electron chi connectivity index (χ3n) is 4.82. The largest absolute Gasteiger partial charge is 0.481 e. The number of carboxylic acids is 1. The average Bonchev–Trinajstić information content (AvgIpc) is 3.11. The van der Waals surface area contributed by atoms with Gasteiger partial charge in [0.15, 0.2) is 0 Å². The summed E-state index contributed by atoms with van der Waals surface area (Å²) in [6.07, 6.45) is 4.52. The minimum atomic E-state index is -1.16. The van der Waals surface area contributed by atoms with Gasteiger partial charge in [-0.2, -0.15) is 0 Å². The van der Waals surface area contributed by atoms with Crippen molar-refractivity contribution >= 4 is 11.9 Å². The standard InChI is InChI=1S/C19H27NO4/c1-3-16(24-15-11-7-8-12-15)17(21)20-13-19(2,18(22)23)14-9-5-4-6-10-14/h4-6,9-10,15-16H,3,7-8,11-13H2,1-2H3,(H,20,21)(H,22,23). The van der Waals surface area contributed by atoms with Crippen LogP contribution in [0.4, 0.5) is 0 Å². The number of aliphatic carboxylic acids is 1. The van der Waals surface area contributed by atoms with Crippen molar-refractivity contribution in [2.75, 3.05) is 6.54 Å². The number of carbonyl (C=O) groups is 2. The Morgan fingerprint density at radius 3 is 2.46 bits per heavy atom. The Labute approximate surface area is 143 Å². The predicted molar refractivity (Wildman–Crippen MR) is 91.9 cm³/mol. The van der Waals surface area contributed by atoms with Crippen LogP contribution in [0.2, 0.25) is 0 Å². The predicted octanol–water partition coefficient (Wildman–Crippen LogP) is 2.88. The van der Waals surface area contributed by atoms with Gasteiger partial charge >= 0.3 is 5.97 Å². The molecule has 24 heavy (non-hydrogen) atoms. The summed E-state index contributed by atoms with van der Waals surface area (Å²) in [6.45, 7) is 3.58. The molecule has 1 fully saturated rings. The lowest BCUT2D eigenvalue weighted by molar-refractivity contribution is -0.144. The van der Waals surface area contributed by atoms with Crippen LogP contribution in [0.3, 0.4) is 0 Å². The van der Waals surface area contributed by atoms with Gasteiger partial charge in [-0.1, -0.05) is 50.1 Å². The first kappa shape index (κ1) is 18.5. The van der Waals surface area contributed by atoms with Crippen molar-refractivity contribution < 1.29 is 19.4 Å². The number of hydrogen-bond acceptors (Lipinski definition) is 3. The lowest BCUT2D eigenvalue weighted by Gasteiger charge is -2.27. The van der Waals surface area contributed by atoms with E-state index in [0.29, 0.717) is 12.0 Å². The Morgan fingerprint density at radius 1 is 1.29 bits per heavy atom. The molecule has 0 spiro atoms. The Kier molecular flexibility index (Phi) is 6.37. The zero-order valence-corrected chi connectivity index (χ0v) is 14.5. The Bertz CT molecular complexity index is 554. The zero-order chi connectivity index (χ0) is 17.6. The van der Waals surface area contributed by atoms with Crippen LogP contribution < -0.4 is 5.32 Å². The topological polar surface area (TPSA) is 75.6 Å². The second kappa shape index (κ2) is 8.29. The molecule has 0 heterocycles. The highest BCUT2D eigenvalue weighted by atomic mass is 16.5. The number of benzene rings is 1. The van der Waals surface area contributed by atoms with Gasteiger partial charge in [-0.25, -0.2) is 0 Å². The second-order valence-electron chi connectivity index (χ2n) is 6.66. The molecule has 1 aliphatic rings. The minimum absolute atomic E-state index is 0.0374. The SMILES string of the molecule is CCC(OC1CCCC1)C(=O)NCC(C)(C(=O)O)c1ccccc1. The van der Waals surface area contributed by atoms with E-state index in [9.17, 15) is 14.7 Å². The van der Waals surface area contributed by atoms with Gasteiger partial charge in [-0.15, -0.1) is 0 Å². The van der Waals surface area contributed by atoms with E-state index in [2.05, 4.69) is 5.32 Å². The molecule has 132 valence electrons. The lowest BCUT2D eigenvalue weighted by Crippen LogP contribution is -2.47. The van der Waals surface area contributed by atoms with E-state index in [1.165, 1.54) is 0 Å². The van der Waals surface area contributed by atoms with Crippen LogP contribution in [0.5, 0.6) is 0 Å². The molecule has 1 saturated carbocycles. The summed E-state index contributed by atoms with van der Waals surface area (Å²) in [5.74, 6) is -1.19. The third kappa shape index (κ3) is 4.35. The molecule has 2 rings (SSSR count). The molecule has 2 N–H and O–H groups in total. The van der Waals surface area contributed by atoms with Gasteiger partial charge < -0.3 is 15.2 Å². The third-order valence-corrected chi connectivity index (χ3v) is 4.82. The fraction of sp³-hybridized carbons (Fsp3) is 0.579. The van der Waals surface area contributed by atoms with E-state index in [0.717, 1.165) is 25.7 Å². The van der Waals surface area contributed by atoms with Gasteiger partial charge in [0, 0.05) is 6.54 Å². The van der Waals surface area contributed by atoms with Gasteiger partial charge in [0.05, 0.1) is 6.10 Å². The van der Waals surface area contributed by atoms with Gasteiger partial charge in [0.25, 0.3) is 0 Å². The van der Waals surface area contributed by atoms with Gasteiger partial charge in [0.1, 0.15) is 11.5 Å². The van der Waals surface area contributed by atoms with Crippen LogP contribution in [0.25, 0.3) is 0 Å². The van der Waals surface area contributed by atoms with Crippen molar-refractivity contribution in [1.29, 1.82) is 0 Å².